The van der Waals surface area contributed by atoms with Gasteiger partial charge in [-0.3, -0.25) is 5.10 Å². The fourth-order valence-electron chi connectivity index (χ4n) is 2.08. The minimum Gasteiger partial charge on any atom is -0.489 e. The Hall–Kier alpha value is -2.82. The maximum absolute atomic E-state index is 11.5. The minimum absolute atomic E-state index is 0.280. The van der Waals surface area contributed by atoms with Crippen LogP contribution in [-0.4, -0.2) is 23.3 Å². The predicted octanol–water partition coefficient (Wildman–Crippen LogP) is 2.93. The van der Waals surface area contributed by atoms with Crippen molar-refractivity contribution in [2.24, 2.45) is 0 Å². The molecule has 5 nitrogen and oxygen atoms in total. The number of aromatic amines is 1. The van der Waals surface area contributed by atoms with Crippen LogP contribution in [0.2, 0.25) is 0 Å². The summed E-state index contributed by atoms with van der Waals surface area (Å²) in [5.74, 6) is 0.255. The summed E-state index contributed by atoms with van der Waals surface area (Å²) in [5, 5.41) is 7.50. The molecule has 0 aliphatic rings. The zero-order valence-electron chi connectivity index (χ0n) is 11.5. The molecular formula is C16H14N2O3. The third kappa shape index (κ3) is 2.72. The number of nitrogens with one attached hydrogen (secondary N) is 1. The van der Waals surface area contributed by atoms with Gasteiger partial charge in [0.2, 0.25) is 0 Å². The van der Waals surface area contributed by atoms with Gasteiger partial charge in [-0.25, -0.2) is 4.79 Å². The van der Waals surface area contributed by atoms with Crippen LogP contribution in [0, 0.1) is 0 Å². The van der Waals surface area contributed by atoms with Gasteiger partial charge in [-0.2, -0.15) is 5.10 Å². The fraction of sp³-hybridized carbons (Fsp3) is 0.125. The van der Waals surface area contributed by atoms with Crippen LogP contribution in [0.15, 0.2) is 48.5 Å². The summed E-state index contributed by atoms with van der Waals surface area (Å²) >= 11 is 0. The van der Waals surface area contributed by atoms with E-state index in [-0.39, 0.29) is 5.69 Å². The third-order valence-electron chi connectivity index (χ3n) is 3.16. The van der Waals surface area contributed by atoms with Crippen LogP contribution in [0.4, 0.5) is 0 Å². The summed E-state index contributed by atoms with van der Waals surface area (Å²) in [5.41, 5.74) is 2.11. The third-order valence-corrected chi connectivity index (χ3v) is 3.16. The molecule has 0 spiro atoms. The van der Waals surface area contributed by atoms with E-state index in [0.29, 0.717) is 17.7 Å². The Kier molecular flexibility index (Phi) is 3.55. The molecule has 3 rings (SSSR count). The number of ether oxygens (including phenoxy) is 2. The zero-order chi connectivity index (χ0) is 14.7. The number of esters is 1. The van der Waals surface area contributed by atoms with Gasteiger partial charge in [0.15, 0.2) is 5.69 Å². The first-order valence-corrected chi connectivity index (χ1v) is 6.51. The minimum atomic E-state index is -0.459. The molecule has 1 aromatic heterocycles. The zero-order valence-corrected chi connectivity index (χ0v) is 11.5. The largest absolute Gasteiger partial charge is 0.489 e. The van der Waals surface area contributed by atoms with E-state index in [1.165, 1.54) is 7.11 Å². The van der Waals surface area contributed by atoms with Gasteiger partial charge in [0, 0.05) is 11.5 Å². The van der Waals surface area contributed by atoms with E-state index in [9.17, 15) is 4.79 Å². The topological polar surface area (TPSA) is 64.2 Å². The number of carbonyl (C=O) groups is 1. The lowest BCUT2D eigenvalue weighted by molar-refractivity contribution is 0.0596. The van der Waals surface area contributed by atoms with Gasteiger partial charge in [0.25, 0.3) is 0 Å². The normalized spacial score (nSPS) is 10.5. The number of carbonyl (C=O) groups excluding carboxylic acids is 1. The molecule has 0 radical (unpaired) electrons. The maximum Gasteiger partial charge on any atom is 0.359 e. The number of methoxy groups -OCH3 is 1. The molecule has 0 unspecified atom stereocenters. The first-order valence-electron chi connectivity index (χ1n) is 6.51. The number of hydrogen-bond acceptors (Lipinski definition) is 4. The quantitative estimate of drug-likeness (QED) is 0.747. The van der Waals surface area contributed by atoms with Crippen molar-refractivity contribution in [1.29, 1.82) is 0 Å². The number of fused-ring (bicyclic) bond motifs is 1. The van der Waals surface area contributed by atoms with E-state index in [4.69, 9.17) is 4.74 Å². The van der Waals surface area contributed by atoms with Gasteiger partial charge < -0.3 is 9.47 Å². The van der Waals surface area contributed by atoms with Crippen molar-refractivity contribution in [3.63, 3.8) is 0 Å². The van der Waals surface area contributed by atoms with Crippen LogP contribution in [0.5, 0.6) is 5.75 Å². The summed E-state index contributed by atoms with van der Waals surface area (Å²) in [6.07, 6.45) is 0. The average molecular weight is 282 g/mol. The highest BCUT2D eigenvalue weighted by atomic mass is 16.5. The predicted molar refractivity (Wildman–Crippen MR) is 78.2 cm³/mol. The van der Waals surface area contributed by atoms with E-state index in [0.717, 1.165) is 11.1 Å². The van der Waals surface area contributed by atoms with Crippen molar-refractivity contribution < 1.29 is 14.3 Å². The molecule has 0 saturated carbocycles. The highest BCUT2D eigenvalue weighted by Crippen LogP contribution is 2.22. The van der Waals surface area contributed by atoms with E-state index in [1.54, 1.807) is 6.07 Å². The van der Waals surface area contributed by atoms with E-state index in [2.05, 4.69) is 14.9 Å². The van der Waals surface area contributed by atoms with Gasteiger partial charge in [-0.1, -0.05) is 30.3 Å². The Morgan fingerprint density at radius 3 is 2.76 bits per heavy atom. The van der Waals surface area contributed by atoms with Crippen molar-refractivity contribution in [2.45, 2.75) is 6.61 Å². The highest BCUT2D eigenvalue weighted by Gasteiger charge is 2.14. The van der Waals surface area contributed by atoms with Crippen LogP contribution >= 0.6 is 0 Å². The number of H-pyrrole nitrogens is 1. The molecule has 0 fully saturated rings. The van der Waals surface area contributed by atoms with Crippen LogP contribution in [-0.2, 0) is 11.3 Å². The summed E-state index contributed by atoms with van der Waals surface area (Å²) < 4.78 is 10.4. The maximum atomic E-state index is 11.5. The molecule has 0 bridgehead atoms. The molecule has 2 aromatic carbocycles. The summed E-state index contributed by atoms with van der Waals surface area (Å²) in [4.78, 5) is 11.5. The number of rotatable bonds is 4. The molecular weight excluding hydrogens is 268 g/mol. The van der Waals surface area contributed by atoms with Crippen molar-refractivity contribution in [3.8, 4) is 5.75 Å². The molecule has 1 heterocycles. The number of nitrogens with zero attached hydrogens (tertiary/aromatic N) is 1. The molecule has 21 heavy (non-hydrogen) atoms. The van der Waals surface area contributed by atoms with Crippen molar-refractivity contribution >= 4 is 16.9 Å². The smallest absolute Gasteiger partial charge is 0.359 e. The molecule has 0 aliphatic carbocycles. The molecule has 1 N–H and O–H groups in total. The van der Waals surface area contributed by atoms with Gasteiger partial charge >= 0.3 is 5.97 Å². The fourth-order valence-corrected chi connectivity index (χ4v) is 2.08. The summed E-state index contributed by atoms with van der Waals surface area (Å²) in [6.45, 7) is 0.490. The molecule has 0 saturated heterocycles. The molecule has 0 aliphatic heterocycles. The first-order chi connectivity index (χ1) is 10.3. The Labute approximate surface area is 121 Å². The molecule has 0 amide bonds. The van der Waals surface area contributed by atoms with Crippen LogP contribution in [0.1, 0.15) is 16.1 Å². The van der Waals surface area contributed by atoms with Crippen LogP contribution in [0.3, 0.4) is 0 Å². The number of benzene rings is 2. The van der Waals surface area contributed by atoms with Gasteiger partial charge in [0.05, 0.1) is 12.6 Å². The van der Waals surface area contributed by atoms with Crippen LogP contribution in [0.25, 0.3) is 10.9 Å². The van der Waals surface area contributed by atoms with Gasteiger partial charge in [0.1, 0.15) is 12.4 Å². The average Bonchev–Trinajstić information content (AvgIpc) is 2.96. The second-order valence-electron chi connectivity index (χ2n) is 4.55. The summed E-state index contributed by atoms with van der Waals surface area (Å²) in [7, 11) is 1.33. The first kappa shape index (κ1) is 13.2. The Morgan fingerprint density at radius 1 is 1.19 bits per heavy atom. The van der Waals surface area contributed by atoms with E-state index in [1.807, 2.05) is 42.5 Å². The second-order valence-corrected chi connectivity index (χ2v) is 4.55. The number of aromatic nitrogens is 2. The highest BCUT2D eigenvalue weighted by molar-refractivity contribution is 6.02. The van der Waals surface area contributed by atoms with Gasteiger partial charge in [-0.15, -0.1) is 0 Å². The van der Waals surface area contributed by atoms with Crippen molar-refractivity contribution in [3.05, 3.63) is 59.8 Å². The SMILES string of the molecule is COC(=O)c1n[nH]c2cc(OCc3ccccc3)ccc12. The van der Waals surface area contributed by atoms with Crippen molar-refractivity contribution in [2.75, 3.05) is 7.11 Å². The Bertz CT molecular complexity index is 766. The van der Waals surface area contributed by atoms with Gasteiger partial charge in [-0.05, 0) is 17.7 Å². The molecule has 106 valence electrons. The van der Waals surface area contributed by atoms with Crippen LogP contribution < -0.4 is 4.74 Å². The molecule has 3 aromatic rings. The lowest BCUT2D eigenvalue weighted by Gasteiger charge is -2.06. The molecule has 0 atom stereocenters. The monoisotopic (exact) mass is 282 g/mol. The standard InChI is InChI=1S/C16H14N2O3/c1-20-16(19)15-13-8-7-12(9-14(13)17-18-15)21-10-11-5-3-2-4-6-11/h2-9H,10H2,1H3,(H,17,18). The lowest BCUT2D eigenvalue weighted by atomic mass is 10.2. The van der Waals surface area contributed by atoms with Crippen molar-refractivity contribution in [1.82, 2.24) is 10.2 Å². The summed E-state index contributed by atoms with van der Waals surface area (Å²) in [6, 6.07) is 15.3. The van der Waals surface area contributed by atoms with E-state index < -0.39 is 5.97 Å². The second kappa shape index (κ2) is 5.66. The Balaban J connectivity index is 1.80. The Morgan fingerprint density at radius 2 is 2.00 bits per heavy atom. The molecule has 5 heteroatoms. The van der Waals surface area contributed by atoms with E-state index >= 15 is 0 Å². The number of hydrogen-bond donors (Lipinski definition) is 1. The lowest BCUT2D eigenvalue weighted by Crippen LogP contribution is -2.01.